The summed E-state index contributed by atoms with van der Waals surface area (Å²) in [7, 11) is 1.83. The molecule has 0 saturated carbocycles. The quantitative estimate of drug-likeness (QED) is 0.731. The summed E-state index contributed by atoms with van der Waals surface area (Å²) in [6.07, 6.45) is 3.01. The Morgan fingerprint density at radius 2 is 2.14 bits per heavy atom. The van der Waals surface area contributed by atoms with Crippen LogP contribution >= 0.6 is 0 Å². The van der Waals surface area contributed by atoms with E-state index >= 15 is 0 Å². The highest BCUT2D eigenvalue weighted by molar-refractivity contribution is 6.03. The molecule has 1 aliphatic rings. The number of rotatable bonds is 5. The minimum absolute atomic E-state index is 0.145. The summed E-state index contributed by atoms with van der Waals surface area (Å²) in [4.78, 5) is 16.1. The smallest absolute Gasteiger partial charge is 0.274 e. The minimum atomic E-state index is -0.485. The van der Waals surface area contributed by atoms with Crippen LogP contribution in [0.5, 0.6) is 5.88 Å². The first kappa shape index (κ1) is 18.4. The molecule has 0 bridgehead atoms. The molecule has 0 aliphatic carbocycles. The number of anilines is 1. The predicted octanol–water partition coefficient (Wildman–Crippen LogP) is 3.17. The Balaban J connectivity index is 1.48. The molecule has 0 radical (unpaired) electrons. The summed E-state index contributed by atoms with van der Waals surface area (Å²) in [5.41, 5.74) is 1.58. The molecule has 146 valence electrons. The van der Waals surface area contributed by atoms with Crippen molar-refractivity contribution in [3.05, 3.63) is 48.0 Å². The molecule has 1 saturated heterocycles. The zero-order valence-electron chi connectivity index (χ0n) is 15.5. The molecule has 3 heterocycles. The van der Waals surface area contributed by atoms with Crippen LogP contribution in [-0.4, -0.2) is 40.5 Å². The van der Waals surface area contributed by atoms with Gasteiger partial charge in [-0.25, -0.2) is 9.37 Å². The van der Waals surface area contributed by atoms with Crippen LogP contribution < -0.4 is 10.1 Å². The van der Waals surface area contributed by atoms with Crippen molar-refractivity contribution in [1.29, 1.82) is 0 Å². The zero-order valence-corrected chi connectivity index (χ0v) is 15.5. The molecule has 1 aromatic carbocycles. The van der Waals surface area contributed by atoms with Gasteiger partial charge in [0, 0.05) is 25.9 Å². The topological polar surface area (TPSA) is 78.3 Å². The number of carbonyl (C=O) groups excluding carboxylic acids is 1. The molecule has 8 heteroatoms. The maximum atomic E-state index is 13.0. The van der Waals surface area contributed by atoms with Gasteiger partial charge in [-0.15, -0.1) is 5.10 Å². The Hall–Kier alpha value is -3.00. The molecule has 0 spiro atoms. The lowest BCUT2D eigenvalue weighted by Gasteiger charge is -2.21. The molecule has 1 fully saturated rings. The Labute approximate surface area is 161 Å². The van der Waals surface area contributed by atoms with Crippen LogP contribution in [0, 0.1) is 11.7 Å². The van der Waals surface area contributed by atoms with Crippen LogP contribution in [0.25, 0.3) is 10.9 Å². The van der Waals surface area contributed by atoms with Crippen molar-refractivity contribution in [2.75, 3.05) is 25.1 Å². The van der Waals surface area contributed by atoms with Crippen LogP contribution in [0.2, 0.25) is 0 Å². The maximum Gasteiger partial charge on any atom is 0.274 e. The van der Waals surface area contributed by atoms with E-state index in [1.54, 1.807) is 10.7 Å². The monoisotopic (exact) mass is 384 g/mol. The third kappa shape index (κ3) is 3.96. The number of pyridine rings is 1. The Morgan fingerprint density at radius 3 is 2.89 bits per heavy atom. The second-order valence-electron chi connectivity index (χ2n) is 6.84. The van der Waals surface area contributed by atoms with E-state index in [1.807, 2.05) is 19.2 Å². The van der Waals surface area contributed by atoms with E-state index in [2.05, 4.69) is 15.4 Å². The number of fused-ring (bicyclic) bond motifs is 1. The number of amides is 1. The summed E-state index contributed by atoms with van der Waals surface area (Å²) in [5.74, 6) is 0.174. The van der Waals surface area contributed by atoms with Gasteiger partial charge in [-0.2, -0.15) is 0 Å². The average Bonchev–Trinajstić information content (AvgIpc) is 3.03. The first-order chi connectivity index (χ1) is 13.6. The number of nitrogens with one attached hydrogen (secondary N) is 1. The maximum absolute atomic E-state index is 13.0. The molecule has 1 amide bonds. The number of hydrogen-bond acceptors (Lipinski definition) is 5. The standard InChI is InChI=1S/C20H21FN4O3/c1-25-18-10-15(23-19(26)17-5-2-14(21)11-22-17)3-4-16(18)20(24-25)28-12-13-6-8-27-9-7-13/h2-5,10-11,13H,6-9,12H2,1H3,(H,23,26). The SMILES string of the molecule is Cn1nc(OCC2CCOCC2)c2ccc(NC(=O)c3ccc(F)cn3)cc21. The lowest BCUT2D eigenvalue weighted by Crippen LogP contribution is -2.21. The Bertz CT molecular complexity index is 981. The molecule has 4 rings (SSSR count). The second-order valence-corrected chi connectivity index (χ2v) is 6.84. The molecule has 1 N–H and O–H groups in total. The van der Waals surface area contributed by atoms with Crippen molar-refractivity contribution in [1.82, 2.24) is 14.8 Å². The number of aromatic nitrogens is 3. The molecule has 0 atom stereocenters. The van der Waals surface area contributed by atoms with Crippen molar-refractivity contribution in [3.63, 3.8) is 0 Å². The van der Waals surface area contributed by atoms with E-state index in [0.717, 1.165) is 43.2 Å². The van der Waals surface area contributed by atoms with Gasteiger partial charge in [-0.05, 0) is 49.1 Å². The number of carbonyl (C=O) groups is 1. The fourth-order valence-electron chi connectivity index (χ4n) is 3.22. The minimum Gasteiger partial charge on any atom is -0.476 e. The highest BCUT2D eigenvalue weighted by atomic mass is 19.1. The van der Waals surface area contributed by atoms with Gasteiger partial charge in [0.1, 0.15) is 11.5 Å². The van der Waals surface area contributed by atoms with Gasteiger partial charge in [-0.1, -0.05) is 0 Å². The van der Waals surface area contributed by atoms with Crippen molar-refractivity contribution in [2.45, 2.75) is 12.8 Å². The summed E-state index contributed by atoms with van der Waals surface area (Å²) < 4.78 is 26.0. The molecule has 7 nitrogen and oxygen atoms in total. The van der Waals surface area contributed by atoms with Crippen molar-refractivity contribution < 1.29 is 18.7 Å². The number of nitrogens with zero attached hydrogens (tertiary/aromatic N) is 3. The van der Waals surface area contributed by atoms with Crippen LogP contribution in [0.1, 0.15) is 23.3 Å². The summed E-state index contributed by atoms with van der Waals surface area (Å²) >= 11 is 0. The van der Waals surface area contributed by atoms with Crippen molar-refractivity contribution in [3.8, 4) is 5.88 Å². The second kappa shape index (κ2) is 7.93. The van der Waals surface area contributed by atoms with Gasteiger partial charge in [0.15, 0.2) is 0 Å². The number of aryl methyl sites for hydroxylation is 1. The van der Waals surface area contributed by atoms with Gasteiger partial charge >= 0.3 is 0 Å². The van der Waals surface area contributed by atoms with E-state index in [0.29, 0.717) is 24.1 Å². The van der Waals surface area contributed by atoms with Gasteiger partial charge in [0.2, 0.25) is 5.88 Å². The first-order valence-corrected chi connectivity index (χ1v) is 9.20. The fourth-order valence-corrected chi connectivity index (χ4v) is 3.22. The number of ether oxygens (including phenoxy) is 2. The van der Waals surface area contributed by atoms with Crippen LogP contribution in [0.3, 0.4) is 0 Å². The number of halogens is 1. The molecule has 3 aromatic rings. The fraction of sp³-hybridized carbons (Fsp3) is 0.350. The van der Waals surface area contributed by atoms with Crippen molar-refractivity contribution >= 4 is 22.5 Å². The van der Waals surface area contributed by atoms with Crippen LogP contribution in [0.15, 0.2) is 36.5 Å². The normalized spacial score (nSPS) is 14.9. The average molecular weight is 384 g/mol. The molecule has 2 aromatic heterocycles. The van der Waals surface area contributed by atoms with E-state index in [-0.39, 0.29) is 5.69 Å². The lowest BCUT2D eigenvalue weighted by molar-refractivity contribution is 0.0492. The van der Waals surface area contributed by atoms with Gasteiger partial charge in [-0.3, -0.25) is 9.48 Å². The lowest BCUT2D eigenvalue weighted by atomic mass is 10.0. The third-order valence-corrected chi connectivity index (χ3v) is 4.83. The summed E-state index contributed by atoms with van der Waals surface area (Å²) in [6.45, 7) is 2.18. The van der Waals surface area contributed by atoms with Gasteiger partial charge < -0.3 is 14.8 Å². The number of hydrogen-bond donors (Lipinski definition) is 1. The number of benzene rings is 1. The summed E-state index contributed by atoms with van der Waals surface area (Å²) in [6, 6.07) is 8.02. The first-order valence-electron chi connectivity index (χ1n) is 9.20. The van der Waals surface area contributed by atoms with E-state index in [1.165, 1.54) is 12.1 Å². The van der Waals surface area contributed by atoms with Crippen molar-refractivity contribution in [2.24, 2.45) is 13.0 Å². The van der Waals surface area contributed by atoms with Crippen LogP contribution in [-0.2, 0) is 11.8 Å². The third-order valence-electron chi connectivity index (χ3n) is 4.83. The molecular weight excluding hydrogens is 363 g/mol. The molecule has 0 unspecified atom stereocenters. The summed E-state index contributed by atoms with van der Waals surface area (Å²) in [5, 5.41) is 8.11. The zero-order chi connectivity index (χ0) is 19.5. The molecule has 1 aliphatic heterocycles. The van der Waals surface area contributed by atoms with Crippen LogP contribution in [0.4, 0.5) is 10.1 Å². The van der Waals surface area contributed by atoms with Gasteiger partial charge in [0.05, 0.1) is 23.7 Å². The van der Waals surface area contributed by atoms with E-state index < -0.39 is 11.7 Å². The molecule has 28 heavy (non-hydrogen) atoms. The van der Waals surface area contributed by atoms with E-state index in [4.69, 9.17) is 9.47 Å². The largest absolute Gasteiger partial charge is 0.476 e. The Morgan fingerprint density at radius 1 is 1.32 bits per heavy atom. The Kier molecular flexibility index (Phi) is 5.21. The highest BCUT2D eigenvalue weighted by Crippen LogP contribution is 2.28. The molecular formula is C20H21FN4O3. The van der Waals surface area contributed by atoms with E-state index in [9.17, 15) is 9.18 Å². The predicted molar refractivity (Wildman–Crippen MR) is 102 cm³/mol. The van der Waals surface area contributed by atoms with Gasteiger partial charge in [0.25, 0.3) is 5.91 Å². The highest BCUT2D eigenvalue weighted by Gasteiger charge is 2.17.